The molecule has 19 heavy (non-hydrogen) atoms. The van der Waals surface area contributed by atoms with Crippen molar-refractivity contribution < 1.29 is 0 Å². The van der Waals surface area contributed by atoms with Crippen LogP contribution in [-0.4, -0.2) is 19.5 Å². The molecule has 0 unspecified atom stereocenters. The number of hydrogen-bond acceptors (Lipinski definition) is 3. The molecule has 0 saturated carbocycles. The molecule has 3 heterocycles. The van der Waals surface area contributed by atoms with E-state index in [2.05, 4.69) is 30.9 Å². The van der Waals surface area contributed by atoms with E-state index < -0.39 is 0 Å². The molecule has 6 heteroatoms. The molecule has 3 aromatic heterocycles. The lowest BCUT2D eigenvalue weighted by Gasteiger charge is -2.04. The van der Waals surface area contributed by atoms with Gasteiger partial charge in [0.2, 0.25) is 0 Å². The van der Waals surface area contributed by atoms with E-state index in [9.17, 15) is 0 Å². The third kappa shape index (κ3) is 1.93. The summed E-state index contributed by atoms with van der Waals surface area (Å²) in [6.45, 7) is 1.95. The van der Waals surface area contributed by atoms with Crippen LogP contribution in [0.1, 0.15) is 5.69 Å². The summed E-state index contributed by atoms with van der Waals surface area (Å²) < 4.78 is 2.69. The minimum absolute atomic E-state index is 0.624. The summed E-state index contributed by atoms with van der Waals surface area (Å²) >= 11 is 9.72. The standard InChI is InChI=1S/C13H10BrClN4/c1-7-9-10(14)11(15)19(2)13(9)18-12(17-7)8-3-5-16-6-4-8/h3-6H,1-2H3. The molecule has 0 aliphatic carbocycles. The molecule has 0 saturated heterocycles. The Morgan fingerprint density at radius 2 is 1.89 bits per heavy atom. The molecular weight excluding hydrogens is 328 g/mol. The number of fused-ring (bicyclic) bond motifs is 1. The number of hydrogen-bond donors (Lipinski definition) is 0. The second-order valence-electron chi connectivity index (χ2n) is 4.23. The zero-order valence-electron chi connectivity index (χ0n) is 10.4. The van der Waals surface area contributed by atoms with Gasteiger partial charge in [-0.2, -0.15) is 0 Å². The zero-order valence-corrected chi connectivity index (χ0v) is 12.7. The highest BCUT2D eigenvalue weighted by molar-refractivity contribution is 9.10. The third-order valence-electron chi connectivity index (χ3n) is 3.02. The van der Waals surface area contributed by atoms with Crippen molar-refractivity contribution in [1.29, 1.82) is 0 Å². The van der Waals surface area contributed by atoms with Gasteiger partial charge >= 0.3 is 0 Å². The van der Waals surface area contributed by atoms with Crippen LogP contribution >= 0.6 is 27.5 Å². The first-order valence-electron chi connectivity index (χ1n) is 5.68. The molecule has 4 nitrogen and oxygen atoms in total. The molecule has 0 aliphatic rings. The van der Waals surface area contributed by atoms with Crippen LogP contribution in [0.4, 0.5) is 0 Å². The van der Waals surface area contributed by atoms with E-state index in [1.54, 1.807) is 12.4 Å². The van der Waals surface area contributed by atoms with Crippen LogP contribution in [0.2, 0.25) is 5.15 Å². The van der Waals surface area contributed by atoms with Gasteiger partial charge in [-0.05, 0) is 35.0 Å². The lowest BCUT2D eigenvalue weighted by molar-refractivity contribution is 0.942. The first-order valence-corrected chi connectivity index (χ1v) is 6.85. The fourth-order valence-corrected chi connectivity index (χ4v) is 2.94. The minimum atomic E-state index is 0.624. The number of rotatable bonds is 1. The summed E-state index contributed by atoms with van der Waals surface area (Å²) in [6.07, 6.45) is 3.46. The average molecular weight is 338 g/mol. The Balaban J connectivity index is 2.34. The van der Waals surface area contributed by atoms with Gasteiger partial charge in [0.1, 0.15) is 10.8 Å². The Morgan fingerprint density at radius 3 is 2.58 bits per heavy atom. The highest BCUT2D eigenvalue weighted by Crippen LogP contribution is 2.35. The van der Waals surface area contributed by atoms with E-state index in [0.29, 0.717) is 11.0 Å². The molecule has 0 amide bonds. The number of halogens is 2. The van der Waals surface area contributed by atoms with Crippen LogP contribution in [0.15, 0.2) is 29.0 Å². The van der Waals surface area contributed by atoms with Crippen molar-refractivity contribution >= 4 is 38.6 Å². The number of nitrogens with zero attached hydrogens (tertiary/aromatic N) is 4. The van der Waals surface area contributed by atoms with Gasteiger partial charge in [-0.15, -0.1) is 0 Å². The van der Waals surface area contributed by atoms with Gasteiger partial charge in [-0.3, -0.25) is 4.98 Å². The lowest BCUT2D eigenvalue weighted by atomic mass is 10.2. The average Bonchev–Trinajstić information content (AvgIpc) is 2.65. The van der Waals surface area contributed by atoms with Gasteiger partial charge in [0, 0.05) is 25.0 Å². The van der Waals surface area contributed by atoms with Gasteiger partial charge in [0.15, 0.2) is 5.82 Å². The largest absolute Gasteiger partial charge is 0.318 e. The zero-order chi connectivity index (χ0) is 13.6. The third-order valence-corrected chi connectivity index (χ3v) is 4.47. The lowest BCUT2D eigenvalue weighted by Crippen LogP contribution is -1.96. The summed E-state index contributed by atoms with van der Waals surface area (Å²) in [5, 5.41) is 1.57. The smallest absolute Gasteiger partial charge is 0.161 e. The van der Waals surface area contributed by atoms with Crippen LogP contribution in [0, 0.1) is 6.92 Å². The Kier molecular flexibility index (Phi) is 3.03. The van der Waals surface area contributed by atoms with Crippen molar-refractivity contribution in [1.82, 2.24) is 19.5 Å². The Hall–Kier alpha value is -1.46. The molecule has 0 fully saturated rings. The van der Waals surface area contributed by atoms with Crippen molar-refractivity contribution in [3.63, 3.8) is 0 Å². The van der Waals surface area contributed by atoms with E-state index in [-0.39, 0.29) is 0 Å². The summed E-state index contributed by atoms with van der Waals surface area (Å²) in [4.78, 5) is 13.1. The second-order valence-corrected chi connectivity index (χ2v) is 5.38. The molecule has 0 bridgehead atoms. The number of aryl methyl sites for hydroxylation is 2. The maximum Gasteiger partial charge on any atom is 0.161 e. The van der Waals surface area contributed by atoms with Crippen LogP contribution in [0.25, 0.3) is 22.4 Å². The quantitative estimate of drug-likeness (QED) is 0.679. The van der Waals surface area contributed by atoms with Crippen molar-refractivity contribution in [2.45, 2.75) is 6.92 Å². The summed E-state index contributed by atoms with van der Waals surface area (Å²) in [6, 6.07) is 3.78. The molecular formula is C13H10BrClN4. The first kappa shape index (κ1) is 12.6. The molecule has 3 rings (SSSR count). The summed E-state index contributed by atoms with van der Waals surface area (Å²) in [5.74, 6) is 0.678. The molecule has 0 N–H and O–H groups in total. The van der Waals surface area contributed by atoms with Gasteiger partial charge in [-0.1, -0.05) is 11.6 Å². The fourth-order valence-electron chi connectivity index (χ4n) is 2.03. The van der Waals surface area contributed by atoms with E-state index in [1.165, 1.54) is 0 Å². The predicted octanol–water partition coefficient (Wildman–Crippen LogP) is 3.75. The SMILES string of the molecule is Cc1nc(-c2ccncc2)nc2c1c(Br)c(Cl)n2C. The molecule has 96 valence electrons. The van der Waals surface area contributed by atoms with Crippen LogP contribution < -0.4 is 0 Å². The van der Waals surface area contributed by atoms with Gasteiger partial charge < -0.3 is 4.57 Å². The van der Waals surface area contributed by atoms with Gasteiger partial charge in [0.05, 0.1) is 15.6 Å². The van der Waals surface area contributed by atoms with E-state index in [4.69, 9.17) is 11.6 Å². The maximum absolute atomic E-state index is 6.23. The summed E-state index contributed by atoms with van der Waals surface area (Å²) in [5.41, 5.74) is 2.65. The monoisotopic (exact) mass is 336 g/mol. The summed E-state index contributed by atoms with van der Waals surface area (Å²) in [7, 11) is 1.89. The maximum atomic E-state index is 6.23. The van der Waals surface area contributed by atoms with Crippen molar-refractivity contribution in [2.75, 3.05) is 0 Å². The van der Waals surface area contributed by atoms with Crippen LogP contribution in [0.3, 0.4) is 0 Å². The van der Waals surface area contributed by atoms with Crippen LogP contribution in [-0.2, 0) is 7.05 Å². The van der Waals surface area contributed by atoms with Crippen LogP contribution in [0.5, 0.6) is 0 Å². The second kappa shape index (κ2) is 4.58. The van der Waals surface area contributed by atoms with Crippen molar-refractivity contribution in [3.8, 4) is 11.4 Å². The molecule has 0 atom stereocenters. The molecule has 0 spiro atoms. The van der Waals surface area contributed by atoms with E-state index >= 15 is 0 Å². The molecule has 3 aromatic rings. The van der Waals surface area contributed by atoms with Gasteiger partial charge in [0.25, 0.3) is 0 Å². The normalized spacial score (nSPS) is 11.2. The fraction of sp³-hybridized carbons (Fsp3) is 0.154. The van der Waals surface area contributed by atoms with Crippen molar-refractivity contribution in [2.24, 2.45) is 7.05 Å². The van der Waals surface area contributed by atoms with E-state index in [1.807, 2.05) is 30.7 Å². The number of pyridine rings is 1. The highest BCUT2D eigenvalue weighted by atomic mass is 79.9. The topological polar surface area (TPSA) is 43.6 Å². The first-order chi connectivity index (χ1) is 9.09. The molecule has 0 radical (unpaired) electrons. The Bertz CT molecular complexity index is 767. The molecule has 0 aliphatic heterocycles. The Morgan fingerprint density at radius 1 is 1.21 bits per heavy atom. The highest BCUT2D eigenvalue weighted by Gasteiger charge is 2.17. The van der Waals surface area contributed by atoms with Gasteiger partial charge in [-0.25, -0.2) is 9.97 Å². The predicted molar refractivity (Wildman–Crippen MR) is 79.2 cm³/mol. The Labute approximate surface area is 123 Å². The van der Waals surface area contributed by atoms with E-state index in [0.717, 1.165) is 26.8 Å². The minimum Gasteiger partial charge on any atom is -0.318 e. The van der Waals surface area contributed by atoms with Crippen molar-refractivity contribution in [3.05, 3.63) is 39.8 Å². The number of aromatic nitrogens is 4. The molecule has 0 aromatic carbocycles.